The second-order valence-electron chi connectivity index (χ2n) is 6.66. The first-order chi connectivity index (χ1) is 13.0. The summed E-state index contributed by atoms with van der Waals surface area (Å²) < 4.78 is 32.0. The molecule has 1 N–H and O–H groups in total. The maximum atomic E-state index is 12.7. The molecule has 1 fully saturated rings. The number of anilines is 1. The van der Waals surface area contributed by atoms with E-state index in [1.54, 1.807) is 43.5 Å². The van der Waals surface area contributed by atoms with Crippen molar-refractivity contribution in [3.8, 4) is 5.75 Å². The lowest BCUT2D eigenvalue weighted by atomic mass is 9.99. The predicted octanol–water partition coefficient (Wildman–Crippen LogP) is 2.88. The van der Waals surface area contributed by atoms with Gasteiger partial charge in [0.1, 0.15) is 5.75 Å². The van der Waals surface area contributed by atoms with E-state index >= 15 is 0 Å². The summed E-state index contributed by atoms with van der Waals surface area (Å²) in [5.41, 5.74) is 1.42. The van der Waals surface area contributed by atoms with E-state index < -0.39 is 10.0 Å². The Balaban J connectivity index is 1.63. The third-order valence-corrected chi connectivity index (χ3v) is 6.51. The maximum Gasteiger partial charge on any atom is 0.228 e. The first-order valence-electron chi connectivity index (χ1n) is 8.94. The van der Waals surface area contributed by atoms with E-state index in [2.05, 4.69) is 5.32 Å². The van der Waals surface area contributed by atoms with Crippen LogP contribution in [0.2, 0.25) is 0 Å². The van der Waals surface area contributed by atoms with Gasteiger partial charge in [0.2, 0.25) is 15.9 Å². The molecule has 0 spiro atoms. The molecule has 1 aliphatic rings. The van der Waals surface area contributed by atoms with E-state index in [-0.39, 0.29) is 24.1 Å². The van der Waals surface area contributed by atoms with Gasteiger partial charge in [-0.3, -0.25) is 4.79 Å². The first-order valence-corrected chi connectivity index (χ1v) is 10.6. The minimum Gasteiger partial charge on any atom is -0.497 e. The summed E-state index contributed by atoms with van der Waals surface area (Å²) in [5, 5.41) is 2.87. The van der Waals surface area contributed by atoms with Gasteiger partial charge in [0.15, 0.2) is 0 Å². The van der Waals surface area contributed by atoms with Crippen molar-refractivity contribution in [2.75, 3.05) is 25.5 Å². The summed E-state index contributed by atoms with van der Waals surface area (Å²) in [6.45, 7) is 0.679. The Hall–Kier alpha value is -2.38. The van der Waals surface area contributed by atoms with E-state index in [1.807, 2.05) is 18.2 Å². The van der Waals surface area contributed by atoms with E-state index in [4.69, 9.17) is 4.74 Å². The molecular formula is C20H24N2O4S. The van der Waals surface area contributed by atoms with Crippen molar-refractivity contribution < 1.29 is 17.9 Å². The molecule has 1 aliphatic heterocycles. The summed E-state index contributed by atoms with van der Waals surface area (Å²) in [4.78, 5) is 12.6. The molecule has 0 aliphatic carbocycles. The average molecular weight is 388 g/mol. The molecule has 1 heterocycles. The molecule has 0 aromatic heterocycles. The van der Waals surface area contributed by atoms with Crippen LogP contribution in [-0.4, -0.2) is 38.8 Å². The van der Waals surface area contributed by atoms with Crippen LogP contribution >= 0.6 is 0 Å². The van der Waals surface area contributed by atoms with Crippen molar-refractivity contribution in [2.45, 2.75) is 18.6 Å². The van der Waals surface area contributed by atoms with Crippen LogP contribution in [0.15, 0.2) is 54.6 Å². The molecule has 1 saturated heterocycles. The number of hydrogen-bond donors (Lipinski definition) is 1. The summed E-state index contributed by atoms with van der Waals surface area (Å²) >= 11 is 0. The van der Waals surface area contributed by atoms with Crippen LogP contribution in [0, 0.1) is 5.92 Å². The smallest absolute Gasteiger partial charge is 0.228 e. The molecule has 6 nitrogen and oxygen atoms in total. The molecule has 1 atom stereocenters. The molecule has 0 radical (unpaired) electrons. The van der Waals surface area contributed by atoms with Gasteiger partial charge >= 0.3 is 0 Å². The fourth-order valence-electron chi connectivity index (χ4n) is 3.20. The Kier molecular flexibility index (Phi) is 6.13. The molecule has 0 saturated carbocycles. The van der Waals surface area contributed by atoms with Crippen LogP contribution in [0.1, 0.15) is 18.4 Å². The van der Waals surface area contributed by atoms with Gasteiger partial charge in [-0.2, -0.15) is 0 Å². The number of hydrogen-bond acceptors (Lipinski definition) is 4. The monoisotopic (exact) mass is 388 g/mol. The largest absolute Gasteiger partial charge is 0.497 e. The Bertz CT molecular complexity index is 867. The Morgan fingerprint density at radius 3 is 2.52 bits per heavy atom. The maximum absolute atomic E-state index is 12.7. The van der Waals surface area contributed by atoms with Gasteiger partial charge in [-0.05, 0) is 42.7 Å². The highest BCUT2D eigenvalue weighted by atomic mass is 32.2. The average Bonchev–Trinajstić information content (AvgIpc) is 2.69. The van der Waals surface area contributed by atoms with Crippen LogP contribution < -0.4 is 10.1 Å². The minimum atomic E-state index is -3.45. The number of amides is 1. The van der Waals surface area contributed by atoms with Gasteiger partial charge in [0.25, 0.3) is 0 Å². The van der Waals surface area contributed by atoms with E-state index in [0.29, 0.717) is 30.8 Å². The molecule has 3 rings (SSSR count). The Labute approximate surface area is 160 Å². The number of benzene rings is 2. The Morgan fingerprint density at radius 2 is 1.85 bits per heavy atom. The van der Waals surface area contributed by atoms with E-state index in [9.17, 15) is 13.2 Å². The first kappa shape index (κ1) is 19.4. The third-order valence-electron chi connectivity index (χ3n) is 4.70. The lowest BCUT2D eigenvalue weighted by molar-refractivity contribution is -0.120. The van der Waals surface area contributed by atoms with Gasteiger partial charge < -0.3 is 10.1 Å². The van der Waals surface area contributed by atoms with Gasteiger partial charge in [-0.15, -0.1) is 0 Å². The number of nitrogens with one attached hydrogen (secondary N) is 1. The van der Waals surface area contributed by atoms with Crippen LogP contribution in [0.3, 0.4) is 0 Å². The van der Waals surface area contributed by atoms with Crippen molar-refractivity contribution in [1.82, 2.24) is 4.31 Å². The highest BCUT2D eigenvalue weighted by Crippen LogP contribution is 2.23. The molecule has 2 aromatic carbocycles. The van der Waals surface area contributed by atoms with E-state index in [0.717, 1.165) is 5.56 Å². The van der Waals surface area contributed by atoms with Crippen LogP contribution in [-0.2, 0) is 20.6 Å². The number of nitrogens with zero attached hydrogens (tertiary/aromatic N) is 1. The summed E-state index contributed by atoms with van der Waals surface area (Å²) in [6.07, 6.45) is 1.36. The number of piperidine rings is 1. The van der Waals surface area contributed by atoms with Gasteiger partial charge in [0.05, 0.1) is 18.8 Å². The van der Waals surface area contributed by atoms with Crippen molar-refractivity contribution >= 4 is 21.6 Å². The summed E-state index contributed by atoms with van der Waals surface area (Å²) in [5.74, 6) is 0.163. The second kappa shape index (κ2) is 8.54. The van der Waals surface area contributed by atoms with Gasteiger partial charge in [0, 0.05) is 18.8 Å². The number of methoxy groups -OCH3 is 1. The molecule has 1 amide bonds. The highest BCUT2D eigenvalue weighted by Gasteiger charge is 2.32. The molecule has 7 heteroatoms. The lowest BCUT2D eigenvalue weighted by Crippen LogP contribution is -2.44. The van der Waals surface area contributed by atoms with Crippen LogP contribution in [0.25, 0.3) is 0 Å². The fraction of sp³-hybridized carbons (Fsp3) is 0.350. The standard InChI is InChI=1S/C20H24N2O4S/c1-26-19-11-9-18(10-12-19)21-20(23)17-8-5-13-22(14-17)27(24,25)15-16-6-3-2-4-7-16/h2-4,6-7,9-12,17H,5,8,13-15H2,1H3,(H,21,23)/t17-/m1/s1. The quantitative estimate of drug-likeness (QED) is 0.826. The number of rotatable bonds is 6. The number of sulfonamides is 1. The number of carbonyl (C=O) groups is 1. The number of carbonyl (C=O) groups excluding carboxylic acids is 1. The molecular weight excluding hydrogens is 364 g/mol. The molecule has 0 bridgehead atoms. The molecule has 2 aromatic rings. The summed E-state index contributed by atoms with van der Waals surface area (Å²) in [6, 6.07) is 16.2. The zero-order valence-electron chi connectivity index (χ0n) is 15.3. The molecule has 27 heavy (non-hydrogen) atoms. The molecule has 144 valence electrons. The Morgan fingerprint density at radius 1 is 1.15 bits per heavy atom. The molecule has 0 unspecified atom stereocenters. The normalized spacial score (nSPS) is 18.0. The zero-order valence-corrected chi connectivity index (χ0v) is 16.1. The van der Waals surface area contributed by atoms with Gasteiger partial charge in [-0.1, -0.05) is 30.3 Å². The second-order valence-corrected chi connectivity index (χ2v) is 8.63. The zero-order chi connectivity index (χ0) is 19.3. The minimum absolute atomic E-state index is 0.0410. The topological polar surface area (TPSA) is 75.7 Å². The van der Waals surface area contributed by atoms with Crippen molar-refractivity contribution in [2.24, 2.45) is 5.92 Å². The lowest BCUT2D eigenvalue weighted by Gasteiger charge is -2.31. The van der Waals surface area contributed by atoms with Crippen LogP contribution in [0.4, 0.5) is 5.69 Å². The van der Waals surface area contributed by atoms with Crippen molar-refractivity contribution in [3.63, 3.8) is 0 Å². The predicted molar refractivity (Wildman–Crippen MR) is 105 cm³/mol. The van der Waals surface area contributed by atoms with E-state index in [1.165, 1.54) is 4.31 Å². The fourth-order valence-corrected chi connectivity index (χ4v) is 4.81. The van der Waals surface area contributed by atoms with Gasteiger partial charge in [-0.25, -0.2) is 12.7 Å². The van der Waals surface area contributed by atoms with Crippen LogP contribution in [0.5, 0.6) is 5.75 Å². The third kappa shape index (κ3) is 5.08. The van der Waals surface area contributed by atoms with Crippen molar-refractivity contribution in [1.29, 1.82) is 0 Å². The summed E-state index contributed by atoms with van der Waals surface area (Å²) in [7, 11) is -1.86. The SMILES string of the molecule is COc1ccc(NC(=O)[C@@H]2CCCN(S(=O)(=O)Cc3ccccc3)C2)cc1. The number of ether oxygens (including phenoxy) is 1. The highest BCUT2D eigenvalue weighted by molar-refractivity contribution is 7.88. The van der Waals surface area contributed by atoms with Crippen molar-refractivity contribution in [3.05, 3.63) is 60.2 Å².